The zero-order chi connectivity index (χ0) is 15.4. The van der Waals surface area contributed by atoms with Gasteiger partial charge in [0.1, 0.15) is 18.5 Å². The monoisotopic (exact) mass is 294 g/mol. The molecule has 1 saturated heterocycles. The van der Waals surface area contributed by atoms with Crippen molar-refractivity contribution in [3.8, 4) is 0 Å². The second-order valence-corrected chi connectivity index (χ2v) is 6.21. The maximum atomic E-state index is 13.6. The molecule has 1 aliphatic heterocycles. The van der Waals surface area contributed by atoms with E-state index in [1.54, 1.807) is 12.1 Å². The summed E-state index contributed by atoms with van der Waals surface area (Å²) >= 11 is 0. The number of esters is 1. The first-order valence-electron chi connectivity index (χ1n) is 7.80. The average Bonchev–Trinajstić information content (AvgIpc) is 2.43. The molecule has 0 bridgehead atoms. The van der Waals surface area contributed by atoms with Gasteiger partial charge in [0.2, 0.25) is 0 Å². The summed E-state index contributed by atoms with van der Waals surface area (Å²) in [6.45, 7) is 7.16. The van der Waals surface area contributed by atoms with E-state index >= 15 is 0 Å². The summed E-state index contributed by atoms with van der Waals surface area (Å²) in [4.78, 5) is 13.5. The number of quaternary nitrogens is 1. The molecular formula is C17H25FNO2+. The maximum Gasteiger partial charge on any atom is 0.341 e. The molecule has 1 N–H and O–H groups in total. The number of carbonyl (C=O) groups excluding carboxylic acids is 1. The van der Waals surface area contributed by atoms with Crippen molar-refractivity contribution in [2.24, 2.45) is 0 Å². The highest BCUT2D eigenvalue weighted by molar-refractivity contribution is 5.89. The predicted octanol–water partition coefficient (Wildman–Crippen LogP) is 2.22. The van der Waals surface area contributed by atoms with Crippen LogP contribution in [-0.2, 0) is 4.74 Å². The Kier molecular flexibility index (Phi) is 5.34. The second-order valence-electron chi connectivity index (χ2n) is 6.21. The number of hydrogen-bond donors (Lipinski definition) is 1. The van der Waals surface area contributed by atoms with Crippen LogP contribution < -0.4 is 4.90 Å². The van der Waals surface area contributed by atoms with E-state index in [-0.39, 0.29) is 11.7 Å². The third kappa shape index (κ3) is 4.03. The molecule has 3 nitrogen and oxygen atoms in total. The molecule has 21 heavy (non-hydrogen) atoms. The topological polar surface area (TPSA) is 30.7 Å². The Balaban J connectivity index is 1.93. The van der Waals surface area contributed by atoms with Gasteiger partial charge in [0.25, 0.3) is 0 Å². The van der Waals surface area contributed by atoms with Crippen molar-refractivity contribution in [2.45, 2.75) is 58.2 Å². The smallest absolute Gasteiger partial charge is 0.341 e. The first kappa shape index (κ1) is 16.0. The van der Waals surface area contributed by atoms with Gasteiger partial charge in [-0.25, -0.2) is 9.18 Å². The van der Waals surface area contributed by atoms with Gasteiger partial charge in [-0.15, -0.1) is 0 Å². The van der Waals surface area contributed by atoms with Gasteiger partial charge in [-0.2, -0.15) is 0 Å². The van der Waals surface area contributed by atoms with E-state index in [1.807, 2.05) is 6.92 Å². The Morgan fingerprint density at radius 2 is 1.95 bits per heavy atom. The largest absolute Gasteiger partial charge is 0.453 e. The van der Waals surface area contributed by atoms with Gasteiger partial charge in [0.15, 0.2) is 0 Å². The highest BCUT2D eigenvalue weighted by atomic mass is 19.1. The lowest BCUT2D eigenvalue weighted by atomic mass is 9.97. The minimum atomic E-state index is -0.572. The first-order valence-corrected chi connectivity index (χ1v) is 7.80. The van der Waals surface area contributed by atoms with Crippen LogP contribution in [-0.4, -0.2) is 30.7 Å². The highest BCUT2D eigenvalue weighted by Gasteiger charge is 2.30. The predicted molar refractivity (Wildman–Crippen MR) is 79.9 cm³/mol. The molecule has 1 fully saturated rings. The van der Waals surface area contributed by atoms with Crippen LogP contribution in [0.25, 0.3) is 0 Å². The molecule has 3 unspecified atom stereocenters. The Labute approximate surface area is 126 Å². The maximum absolute atomic E-state index is 13.6. The number of piperidine rings is 1. The number of ether oxygens (including phenoxy) is 1. The van der Waals surface area contributed by atoms with Crippen molar-refractivity contribution < 1.29 is 18.8 Å². The number of benzene rings is 1. The summed E-state index contributed by atoms with van der Waals surface area (Å²) in [5, 5.41) is 0. The van der Waals surface area contributed by atoms with Gasteiger partial charge < -0.3 is 9.64 Å². The Morgan fingerprint density at radius 1 is 1.33 bits per heavy atom. The van der Waals surface area contributed by atoms with Gasteiger partial charge in [-0.3, -0.25) is 0 Å². The molecule has 0 aromatic heterocycles. The number of rotatable bonds is 4. The molecule has 0 radical (unpaired) electrons. The van der Waals surface area contributed by atoms with E-state index in [0.717, 1.165) is 6.54 Å². The average molecular weight is 294 g/mol. The molecule has 0 spiro atoms. The van der Waals surface area contributed by atoms with Crippen LogP contribution >= 0.6 is 0 Å². The normalized spacial score (nSPS) is 27.1. The van der Waals surface area contributed by atoms with Crippen LogP contribution in [0.4, 0.5) is 4.39 Å². The van der Waals surface area contributed by atoms with Crippen molar-refractivity contribution in [3.05, 3.63) is 35.6 Å². The van der Waals surface area contributed by atoms with Gasteiger partial charge >= 0.3 is 5.97 Å². The fourth-order valence-corrected chi connectivity index (χ4v) is 3.24. The van der Waals surface area contributed by atoms with E-state index < -0.39 is 11.8 Å². The fourth-order valence-electron chi connectivity index (χ4n) is 3.24. The van der Waals surface area contributed by atoms with Gasteiger partial charge in [-0.1, -0.05) is 12.1 Å². The third-order valence-electron chi connectivity index (χ3n) is 4.47. The Hall–Kier alpha value is -1.42. The lowest BCUT2D eigenvalue weighted by Crippen LogP contribution is -3.20. The van der Waals surface area contributed by atoms with Crippen molar-refractivity contribution in [2.75, 3.05) is 6.54 Å². The van der Waals surface area contributed by atoms with Crippen molar-refractivity contribution in [1.29, 1.82) is 0 Å². The van der Waals surface area contributed by atoms with Gasteiger partial charge in [0, 0.05) is 0 Å². The molecule has 0 amide bonds. The molecule has 2 rings (SSSR count). The molecule has 4 heteroatoms. The number of halogens is 1. The van der Waals surface area contributed by atoms with E-state index in [9.17, 15) is 9.18 Å². The summed E-state index contributed by atoms with van der Waals surface area (Å²) < 4.78 is 19.0. The molecule has 0 saturated carbocycles. The zero-order valence-corrected chi connectivity index (χ0v) is 13.1. The molecule has 1 aromatic rings. The standard InChI is InChI=1S/C17H24FNO2/c1-12-7-6-8-13(2)19(12)11-14(3)21-17(20)15-9-4-5-10-16(15)18/h4-5,9-10,12-14H,6-8,11H2,1-3H3/p+1. The summed E-state index contributed by atoms with van der Waals surface area (Å²) in [6.07, 6.45) is 3.49. The molecule has 1 aromatic carbocycles. The number of hydrogen-bond acceptors (Lipinski definition) is 2. The van der Waals surface area contributed by atoms with Gasteiger partial charge in [0.05, 0.1) is 17.6 Å². The summed E-state index contributed by atoms with van der Waals surface area (Å²) in [6, 6.07) is 7.12. The van der Waals surface area contributed by atoms with E-state index in [1.165, 1.54) is 36.3 Å². The lowest BCUT2D eigenvalue weighted by molar-refractivity contribution is -0.953. The van der Waals surface area contributed by atoms with Crippen LogP contribution in [0.15, 0.2) is 24.3 Å². The Bertz CT molecular complexity index is 481. The van der Waals surface area contributed by atoms with Crippen molar-refractivity contribution >= 4 is 5.97 Å². The van der Waals surface area contributed by atoms with E-state index in [2.05, 4.69) is 13.8 Å². The molecule has 116 valence electrons. The van der Waals surface area contributed by atoms with E-state index in [0.29, 0.717) is 12.1 Å². The van der Waals surface area contributed by atoms with Crippen LogP contribution in [0.3, 0.4) is 0 Å². The fraction of sp³-hybridized carbons (Fsp3) is 0.588. The molecule has 1 aliphatic rings. The highest BCUT2D eigenvalue weighted by Crippen LogP contribution is 2.10. The number of likely N-dealkylation sites (tertiary alicyclic amines) is 1. The van der Waals surface area contributed by atoms with Crippen LogP contribution in [0, 0.1) is 5.82 Å². The van der Waals surface area contributed by atoms with Gasteiger partial charge in [-0.05, 0) is 52.2 Å². The van der Waals surface area contributed by atoms with Crippen LogP contribution in [0.1, 0.15) is 50.4 Å². The number of carbonyl (C=O) groups is 1. The Morgan fingerprint density at radius 3 is 2.57 bits per heavy atom. The van der Waals surface area contributed by atoms with Crippen LogP contribution in [0.5, 0.6) is 0 Å². The van der Waals surface area contributed by atoms with Crippen molar-refractivity contribution in [1.82, 2.24) is 0 Å². The second kappa shape index (κ2) is 7.03. The first-order chi connectivity index (χ1) is 9.99. The lowest BCUT2D eigenvalue weighted by Gasteiger charge is -2.37. The quantitative estimate of drug-likeness (QED) is 0.863. The number of nitrogens with one attached hydrogen (secondary N) is 1. The summed E-state index contributed by atoms with van der Waals surface area (Å²) in [7, 11) is 0. The minimum absolute atomic E-state index is 0.0130. The minimum Gasteiger partial charge on any atom is -0.453 e. The molecule has 1 heterocycles. The zero-order valence-electron chi connectivity index (χ0n) is 13.1. The molecule has 0 aliphatic carbocycles. The molecular weight excluding hydrogens is 269 g/mol. The van der Waals surface area contributed by atoms with E-state index in [4.69, 9.17) is 4.74 Å². The summed E-state index contributed by atoms with van der Waals surface area (Å²) in [5.74, 6) is -1.10. The third-order valence-corrected chi connectivity index (χ3v) is 4.47. The van der Waals surface area contributed by atoms with Crippen molar-refractivity contribution in [3.63, 3.8) is 0 Å². The SMILES string of the molecule is CC(C[NH+]1C(C)CCCC1C)OC(=O)c1ccccc1F. The molecule has 3 atom stereocenters. The summed E-state index contributed by atoms with van der Waals surface area (Å²) in [5.41, 5.74) is 0.0130. The van der Waals surface area contributed by atoms with Crippen LogP contribution in [0.2, 0.25) is 0 Å².